The van der Waals surface area contributed by atoms with E-state index in [9.17, 15) is 29.1 Å². The van der Waals surface area contributed by atoms with Crippen LogP contribution in [0.5, 0.6) is 0 Å². The number of piperazine rings is 1. The number of aromatic nitrogens is 2. The third-order valence-electron chi connectivity index (χ3n) is 12.8. The minimum absolute atomic E-state index is 0.0238. The number of hydrogen-bond acceptors (Lipinski definition) is 12. The summed E-state index contributed by atoms with van der Waals surface area (Å²) in [7, 11) is 3.20. The van der Waals surface area contributed by atoms with Crippen LogP contribution in [0.3, 0.4) is 0 Å². The zero-order chi connectivity index (χ0) is 49.0. The van der Waals surface area contributed by atoms with Crippen LogP contribution < -0.4 is 10.7 Å². The number of carbonyl (C=O) groups excluding carboxylic acids is 5. The van der Waals surface area contributed by atoms with Crippen LogP contribution in [0.1, 0.15) is 77.6 Å². The molecule has 2 saturated heterocycles. The van der Waals surface area contributed by atoms with Gasteiger partial charge in [0.25, 0.3) is 5.91 Å². The number of aryl methyl sites for hydroxylation is 1. The normalized spacial score (nSPS) is 21.7. The molecule has 0 unspecified atom stereocenters. The van der Waals surface area contributed by atoms with Gasteiger partial charge in [-0.1, -0.05) is 53.0 Å². The molecule has 0 spiro atoms. The monoisotopic (exact) mass is 941 g/mol. The third kappa shape index (κ3) is 10.7. The number of carbonyl (C=O) groups is 5. The number of rotatable bonds is 11. The Bertz CT molecular complexity index is 2450. The number of nitrogens with one attached hydrogen (secondary N) is 2. The lowest BCUT2D eigenvalue weighted by Gasteiger charge is -2.41. The van der Waals surface area contributed by atoms with E-state index in [0.29, 0.717) is 42.5 Å². The molecule has 2 aromatic heterocycles. The van der Waals surface area contributed by atoms with E-state index in [4.69, 9.17) is 19.5 Å². The molecule has 6 rings (SSSR count). The highest BCUT2D eigenvalue weighted by atomic mass is 32.1. The summed E-state index contributed by atoms with van der Waals surface area (Å²) in [4.78, 5) is 83.5. The number of hydrazine groups is 1. The number of ether oxygens (including phenoxy) is 2. The zero-order valence-corrected chi connectivity index (χ0v) is 41.2. The number of thiazole rings is 1. The molecule has 17 nitrogen and oxygen atoms in total. The lowest BCUT2D eigenvalue weighted by Crippen LogP contribution is -2.67. The molecule has 6 bridgehead atoms. The molecular weight excluding hydrogens is 875 g/mol. The largest absolute Gasteiger partial charge is 0.462 e. The Morgan fingerprint density at radius 3 is 2.45 bits per heavy atom. The summed E-state index contributed by atoms with van der Waals surface area (Å²) in [5, 5.41) is 19.4. The number of urea groups is 1. The summed E-state index contributed by atoms with van der Waals surface area (Å²) < 4.78 is 14.0. The second-order valence-corrected chi connectivity index (χ2v) is 19.5. The van der Waals surface area contributed by atoms with Crippen molar-refractivity contribution in [2.24, 2.45) is 16.3 Å². The summed E-state index contributed by atoms with van der Waals surface area (Å²) in [5.74, 6) is -2.68. The van der Waals surface area contributed by atoms with Crippen molar-refractivity contribution in [3.05, 3.63) is 70.9 Å². The summed E-state index contributed by atoms with van der Waals surface area (Å²) in [6, 6.07) is 3.61. The van der Waals surface area contributed by atoms with Crippen LogP contribution in [0.4, 0.5) is 4.79 Å². The van der Waals surface area contributed by atoms with Crippen molar-refractivity contribution >= 4 is 63.7 Å². The van der Waals surface area contributed by atoms with Gasteiger partial charge in [0.2, 0.25) is 17.5 Å². The molecule has 2 fully saturated rings. The smallest absolute Gasteiger partial charge is 0.355 e. The predicted molar refractivity (Wildman–Crippen MR) is 260 cm³/mol. The fourth-order valence-corrected chi connectivity index (χ4v) is 10.1. The van der Waals surface area contributed by atoms with Gasteiger partial charge < -0.3 is 39.2 Å². The van der Waals surface area contributed by atoms with Gasteiger partial charge in [0.1, 0.15) is 12.1 Å². The Morgan fingerprint density at radius 2 is 1.82 bits per heavy atom. The molecule has 18 heteroatoms. The van der Waals surface area contributed by atoms with Crippen LogP contribution in [0.15, 0.2) is 59.6 Å². The van der Waals surface area contributed by atoms with Crippen molar-refractivity contribution in [2.45, 2.75) is 105 Å². The molecule has 3 aliphatic heterocycles. The summed E-state index contributed by atoms with van der Waals surface area (Å²) in [6.07, 6.45) is 5.09. The minimum Gasteiger partial charge on any atom is -0.462 e. The molecule has 362 valence electrons. The molecule has 1 aromatic carbocycles. The molecule has 3 aliphatic rings. The lowest BCUT2D eigenvalue weighted by atomic mass is 9.84. The van der Waals surface area contributed by atoms with E-state index in [1.54, 1.807) is 30.2 Å². The van der Waals surface area contributed by atoms with E-state index >= 15 is 0 Å². The molecule has 4 atom stereocenters. The fraction of sp³-hybridized carbons (Fsp3) is 0.531. The topological polar surface area (TPSA) is 191 Å². The molecule has 67 heavy (non-hydrogen) atoms. The number of hydrogen-bond donors (Lipinski definition) is 3. The molecule has 0 aliphatic carbocycles. The van der Waals surface area contributed by atoms with Gasteiger partial charge in [-0.15, -0.1) is 11.3 Å². The van der Waals surface area contributed by atoms with Gasteiger partial charge >= 0.3 is 12.0 Å². The number of aliphatic hydroxyl groups is 1. The molecule has 5 amide bonds. The Morgan fingerprint density at radius 1 is 1.12 bits per heavy atom. The van der Waals surface area contributed by atoms with E-state index in [1.807, 2.05) is 59.1 Å². The molecule has 3 aromatic rings. The van der Waals surface area contributed by atoms with Crippen molar-refractivity contribution in [1.29, 1.82) is 0 Å². The van der Waals surface area contributed by atoms with Gasteiger partial charge in [-0.2, -0.15) is 5.43 Å². The average molecular weight is 942 g/mol. The summed E-state index contributed by atoms with van der Waals surface area (Å²) >= 11 is 1.34. The van der Waals surface area contributed by atoms with Gasteiger partial charge in [0.15, 0.2) is 0 Å². The van der Waals surface area contributed by atoms with Gasteiger partial charge in [-0.05, 0) is 63.3 Å². The van der Waals surface area contributed by atoms with E-state index in [-0.39, 0.29) is 69.5 Å². The first-order valence-electron chi connectivity index (χ1n) is 23.0. The van der Waals surface area contributed by atoms with Crippen LogP contribution in [0, 0.1) is 11.3 Å². The minimum atomic E-state index is -2.24. The van der Waals surface area contributed by atoms with Crippen molar-refractivity contribution in [3.8, 4) is 11.3 Å². The quantitative estimate of drug-likeness (QED) is 0.1000. The van der Waals surface area contributed by atoms with Gasteiger partial charge in [-0.25, -0.2) is 14.6 Å². The van der Waals surface area contributed by atoms with Crippen molar-refractivity contribution < 1.29 is 38.6 Å². The first-order chi connectivity index (χ1) is 31.8. The second-order valence-electron chi connectivity index (χ2n) is 18.5. The Labute approximate surface area is 397 Å². The number of fused-ring (bicyclic) bond motifs is 6. The van der Waals surface area contributed by atoms with Crippen molar-refractivity contribution in [2.75, 3.05) is 53.5 Å². The highest BCUT2D eigenvalue weighted by Gasteiger charge is 2.46. The van der Waals surface area contributed by atoms with Crippen molar-refractivity contribution in [3.63, 3.8) is 0 Å². The van der Waals surface area contributed by atoms with E-state index in [1.165, 1.54) is 27.3 Å². The number of benzene rings is 1. The van der Waals surface area contributed by atoms with Gasteiger partial charge in [-0.3, -0.25) is 24.4 Å². The van der Waals surface area contributed by atoms with Gasteiger partial charge in [0.05, 0.1) is 34.8 Å². The fourth-order valence-electron chi connectivity index (χ4n) is 9.29. The number of aliphatic imine (C=N–C) groups is 1. The van der Waals surface area contributed by atoms with E-state index < -0.39 is 41.0 Å². The van der Waals surface area contributed by atoms with Crippen LogP contribution in [-0.4, -0.2) is 148 Å². The lowest BCUT2D eigenvalue weighted by molar-refractivity contribution is -0.189. The van der Waals surface area contributed by atoms with Crippen LogP contribution in [0.2, 0.25) is 0 Å². The maximum atomic E-state index is 14.6. The maximum Gasteiger partial charge on any atom is 0.355 e. The Kier molecular flexibility index (Phi) is 16.0. The zero-order valence-electron chi connectivity index (χ0n) is 40.4. The molecule has 3 N–H and O–H groups in total. The van der Waals surface area contributed by atoms with E-state index in [2.05, 4.69) is 47.5 Å². The maximum absolute atomic E-state index is 14.6. The predicted octanol–water partition coefficient (Wildman–Crippen LogP) is 5.18. The summed E-state index contributed by atoms with van der Waals surface area (Å²) in [5.41, 5.74) is 5.76. The van der Waals surface area contributed by atoms with Crippen LogP contribution >= 0.6 is 11.3 Å². The number of likely N-dealkylation sites (N-methyl/N-ethyl adjacent to an activating group) is 1. The molecule has 0 radical (unpaired) electrons. The Balaban J connectivity index is 1.42. The highest BCUT2D eigenvalue weighted by Crippen LogP contribution is 2.40. The number of cyclic esters (lactones) is 1. The van der Waals surface area contributed by atoms with Crippen LogP contribution in [0.25, 0.3) is 27.7 Å². The van der Waals surface area contributed by atoms with E-state index in [0.717, 1.165) is 33.3 Å². The molecular formula is C49H67N9O8S. The molecule has 5 heterocycles. The van der Waals surface area contributed by atoms with Gasteiger partial charge in [0, 0.05) is 105 Å². The molecule has 0 saturated carbocycles. The summed E-state index contributed by atoms with van der Waals surface area (Å²) in [6.45, 7) is 23.2. The number of esters is 1. The number of nitrogens with zero attached hydrogens (tertiary/aromatic N) is 7. The number of methoxy groups -OCH3 is 1. The third-order valence-corrected chi connectivity index (χ3v) is 13.7. The SMILES string of the molecule is C=CC(=O)N1CCN(C(=O)N(C)[C@H](C(=O)N[C@H]2Cc3nc(cs3)-c3ccc4c(c3)c(c(/C(C=C)=C(/N=CC)[C@H](C)OC)n4CC)CC(C)(C)COC(=O)[C@@]3(O)CCCN(N3)C2=O)C(C)C)CC1. The second kappa shape index (κ2) is 21.1. The average Bonchev–Trinajstić information content (AvgIpc) is 3.90. The number of amides is 5. The first-order valence-corrected chi connectivity index (χ1v) is 23.9. The number of allylic oxidation sites excluding steroid dienone is 2. The standard InChI is InChI=1S/C49H67N9O8S/c1-12-33(41(50-14-3)31(7)65-11)43-35-27-48(8,9)29-66-46(62)49(64)19-16-20-58(53-49)45(61)36(26-39-51-37(28-67-39)32-17-18-38(34(35)25-32)57(43)15-4)52-44(60)42(30(5)6)54(10)47(63)56-23-21-55(22-24-56)40(59)13-2/h12-14,17-18,25,28,30-31,36,42,53,64H,1-2,15-16,19-24,26-27,29H2,3-11H3,(H,52,60)/b41-33+,50-14?/t31-,36-,42-,49-/m0/s1. The highest BCUT2D eigenvalue weighted by molar-refractivity contribution is 7.10. The van der Waals surface area contributed by atoms with Crippen LogP contribution in [-0.2, 0) is 48.0 Å². The van der Waals surface area contributed by atoms with Crippen molar-refractivity contribution in [1.82, 2.24) is 40.0 Å². The Hall–Kier alpha value is -5.69. The first kappa shape index (κ1) is 50.7.